The maximum Gasteiger partial charge on any atom is 0.268 e. The highest BCUT2D eigenvalue weighted by atomic mass is 16.5. The van der Waals surface area contributed by atoms with Crippen LogP contribution in [0.4, 0.5) is 0 Å². The molecule has 0 aromatic heterocycles. The van der Waals surface area contributed by atoms with Gasteiger partial charge in [0.2, 0.25) is 5.78 Å². The van der Waals surface area contributed by atoms with Crippen molar-refractivity contribution in [2.24, 2.45) is 5.92 Å². The van der Waals surface area contributed by atoms with E-state index in [9.17, 15) is 14.4 Å². The molecule has 1 aliphatic heterocycles. The number of Topliss-reactive ketones (excluding diaryl/α,β-unsaturated/α-hetero) is 1. The van der Waals surface area contributed by atoms with Crippen molar-refractivity contribution in [3.05, 3.63) is 47.5 Å². The molecule has 2 aliphatic carbocycles. The maximum absolute atomic E-state index is 12.0. The minimum Gasteiger partial charge on any atom is -0.456 e. The molecule has 0 amide bonds. The van der Waals surface area contributed by atoms with Crippen molar-refractivity contribution in [2.45, 2.75) is 32.1 Å². The van der Waals surface area contributed by atoms with Crippen LogP contribution in [0.3, 0.4) is 0 Å². The van der Waals surface area contributed by atoms with Gasteiger partial charge >= 0.3 is 0 Å². The van der Waals surface area contributed by atoms with E-state index < -0.39 is 11.6 Å². The molecule has 0 unspecified atom stereocenters. The highest BCUT2D eigenvalue weighted by molar-refractivity contribution is 6.47. The van der Waals surface area contributed by atoms with E-state index in [1.165, 1.54) is 36.8 Å². The Morgan fingerprint density at radius 1 is 0.905 bits per heavy atom. The normalized spacial score (nSPS) is 23.4. The molecule has 0 aromatic rings. The van der Waals surface area contributed by atoms with Crippen molar-refractivity contribution in [2.75, 3.05) is 0 Å². The van der Waals surface area contributed by atoms with Crippen molar-refractivity contribution in [1.29, 1.82) is 0 Å². The van der Waals surface area contributed by atoms with Crippen molar-refractivity contribution in [3.63, 3.8) is 0 Å². The summed E-state index contributed by atoms with van der Waals surface area (Å²) < 4.78 is 5.74. The average molecular weight is 284 g/mol. The number of allylic oxidation sites excluding steroid dienone is 8. The van der Waals surface area contributed by atoms with Gasteiger partial charge in [0.15, 0.2) is 11.5 Å². The molecule has 0 saturated heterocycles. The minimum atomic E-state index is -0.645. The highest BCUT2D eigenvalue weighted by Gasteiger charge is 2.32. The first kappa shape index (κ1) is 13.7. The lowest BCUT2D eigenvalue weighted by Gasteiger charge is -2.27. The average Bonchev–Trinajstić information content (AvgIpc) is 2.52. The summed E-state index contributed by atoms with van der Waals surface area (Å²) in [6, 6.07) is 0. The minimum absolute atomic E-state index is 0.0445. The third-order valence-corrected chi connectivity index (χ3v) is 4.05. The van der Waals surface area contributed by atoms with E-state index in [2.05, 4.69) is 0 Å². The summed E-state index contributed by atoms with van der Waals surface area (Å²) in [5.41, 5.74) is 0.481. The van der Waals surface area contributed by atoms with Crippen molar-refractivity contribution < 1.29 is 19.1 Å². The molecular weight excluding hydrogens is 268 g/mol. The summed E-state index contributed by atoms with van der Waals surface area (Å²) in [5.74, 6) is -0.471. The molecule has 1 heterocycles. The van der Waals surface area contributed by atoms with Gasteiger partial charge in [-0.3, -0.25) is 14.4 Å². The van der Waals surface area contributed by atoms with Gasteiger partial charge in [-0.15, -0.1) is 0 Å². The van der Waals surface area contributed by atoms with Gasteiger partial charge < -0.3 is 4.74 Å². The predicted octanol–water partition coefficient (Wildman–Crippen LogP) is 2.57. The number of ether oxygens (including phenoxy) is 1. The second-order valence-electron chi connectivity index (χ2n) is 5.53. The summed E-state index contributed by atoms with van der Waals surface area (Å²) in [6.45, 7) is 0. The van der Waals surface area contributed by atoms with Gasteiger partial charge in [-0.1, -0.05) is 19.3 Å². The monoisotopic (exact) mass is 284 g/mol. The van der Waals surface area contributed by atoms with Crippen LogP contribution in [-0.2, 0) is 19.1 Å². The first-order valence-electron chi connectivity index (χ1n) is 7.27. The highest BCUT2D eigenvalue weighted by Crippen LogP contribution is 2.34. The predicted molar refractivity (Wildman–Crippen MR) is 76.1 cm³/mol. The largest absolute Gasteiger partial charge is 0.456 e. The van der Waals surface area contributed by atoms with Gasteiger partial charge in [0.05, 0.1) is 0 Å². The molecule has 0 aromatic carbocycles. The Hall–Kier alpha value is -2.23. The van der Waals surface area contributed by atoms with Crippen LogP contribution >= 0.6 is 0 Å². The number of carbonyl (C=O) groups excluding carboxylic acids is 3. The number of hydrogen-bond acceptors (Lipinski definition) is 4. The molecule has 4 nitrogen and oxygen atoms in total. The summed E-state index contributed by atoms with van der Waals surface area (Å²) >= 11 is 0. The van der Waals surface area contributed by atoms with E-state index in [4.69, 9.17) is 4.74 Å². The van der Waals surface area contributed by atoms with Gasteiger partial charge in [-0.05, 0) is 37.1 Å². The van der Waals surface area contributed by atoms with Gasteiger partial charge in [0.25, 0.3) is 5.78 Å². The van der Waals surface area contributed by atoms with Crippen molar-refractivity contribution in [1.82, 2.24) is 0 Å². The number of carbonyl (C=O) groups is 3. The Kier molecular flexibility index (Phi) is 3.69. The lowest BCUT2D eigenvalue weighted by Crippen LogP contribution is -2.26. The standard InChI is InChI=1S/C17H16O4/c18-13-8-6-12(7-9-13)17-16(20)14(19)10-15(21-17)11-4-2-1-3-5-11/h6-11H,1-5H2. The SMILES string of the molecule is O=C1C=CC(=C2OC(C3CCCCC3)=CC(=O)C2=O)C=C1. The van der Waals surface area contributed by atoms with E-state index in [0.717, 1.165) is 25.7 Å². The molecular formula is C17H16O4. The van der Waals surface area contributed by atoms with E-state index >= 15 is 0 Å². The Morgan fingerprint density at radius 2 is 1.57 bits per heavy atom. The second kappa shape index (κ2) is 5.64. The molecule has 1 fully saturated rings. The fourth-order valence-corrected chi connectivity index (χ4v) is 2.88. The van der Waals surface area contributed by atoms with E-state index in [-0.39, 0.29) is 17.5 Å². The van der Waals surface area contributed by atoms with Gasteiger partial charge in [-0.2, -0.15) is 0 Å². The zero-order chi connectivity index (χ0) is 14.8. The smallest absolute Gasteiger partial charge is 0.268 e. The van der Waals surface area contributed by atoms with Crippen LogP contribution in [0.15, 0.2) is 47.5 Å². The van der Waals surface area contributed by atoms with Crippen LogP contribution in [0.25, 0.3) is 0 Å². The van der Waals surface area contributed by atoms with Crippen molar-refractivity contribution >= 4 is 17.3 Å². The molecule has 1 saturated carbocycles. The third kappa shape index (κ3) is 2.79. The molecule has 4 heteroatoms. The third-order valence-electron chi connectivity index (χ3n) is 4.05. The second-order valence-corrected chi connectivity index (χ2v) is 5.53. The zero-order valence-electron chi connectivity index (χ0n) is 11.6. The van der Waals surface area contributed by atoms with Crippen molar-refractivity contribution in [3.8, 4) is 0 Å². The molecule has 3 rings (SSSR count). The molecule has 0 spiro atoms. The molecule has 0 N–H and O–H groups in total. The Bertz CT molecular complexity index is 607. The van der Waals surface area contributed by atoms with Crippen LogP contribution in [0.1, 0.15) is 32.1 Å². The topological polar surface area (TPSA) is 60.4 Å². The molecule has 108 valence electrons. The Balaban J connectivity index is 1.91. The first-order valence-corrected chi connectivity index (χ1v) is 7.27. The van der Waals surface area contributed by atoms with Crippen LogP contribution in [0.2, 0.25) is 0 Å². The van der Waals surface area contributed by atoms with Crippen LogP contribution in [-0.4, -0.2) is 17.3 Å². The molecule has 21 heavy (non-hydrogen) atoms. The maximum atomic E-state index is 12.0. The first-order chi connectivity index (χ1) is 10.1. The van der Waals surface area contributed by atoms with Crippen LogP contribution in [0.5, 0.6) is 0 Å². The van der Waals surface area contributed by atoms with Gasteiger partial charge in [0, 0.05) is 17.6 Å². The van der Waals surface area contributed by atoms with E-state index in [0.29, 0.717) is 11.3 Å². The van der Waals surface area contributed by atoms with Crippen LogP contribution in [0, 0.1) is 5.92 Å². The zero-order valence-corrected chi connectivity index (χ0v) is 11.6. The molecule has 0 atom stereocenters. The van der Waals surface area contributed by atoms with E-state index in [1.807, 2.05) is 0 Å². The summed E-state index contributed by atoms with van der Waals surface area (Å²) in [7, 11) is 0. The van der Waals surface area contributed by atoms with E-state index in [1.54, 1.807) is 0 Å². The lowest BCUT2D eigenvalue weighted by molar-refractivity contribution is -0.134. The number of hydrogen-bond donors (Lipinski definition) is 0. The summed E-state index contributed by atoms with van der Waals surface area (Å²) in [5, 5.41) is 0. The van der Waals surface area contributed by atoms with Gasteiger partial charge in [0.1, 0.15) is 5.76 Å². The Morgan fingerprint density at radius 3 is 2.24 bits per heavy atom. The van der Waals surface area contributed by atoms with Crippen LogP contribution < -0.4 is 0 Å². The molecule has 0 radical (unpaired) electrons. The molecule has 0 bridgehead atoms. The lowest BCUT2D eigenvalue weighted by atomic mass is 9.86. The fourth-order valence-electron chi connectivity index (χ4n) is 2.88. The summed E-state index contributed by atoms with van der Waals surface area (Å²) in [6.07, 6.45) is 12.5. The fraction of sp³-hybridized carbons (Fsp3) is 0.353. The number of rotatable bonds is 1. The number of ketones is 3. The Labute approximate surface area is 122 Å². The molecule has 3 aliphatic rings. The quantitative estimate of drug-likeness (QED) is 0.548. The van der Waals surface area contributed by atoms with Gasteiger partial charge in [-0.25, -0.2) is 0 Å². The summed E-state index contributed by atoms with van der Waals surface area (Å²) in [4.78, 5) is 35.1.